The minimum atomic E-state index is -0.501. The van der Waals surface area contributed by atoms with Crippen LogP contribution in [0.3, 0.4) is 0 Å². The Labute approximate surface area is 112 Å². The van der Waals surface area contributed by atoms with Gasteiger partial charge in [0, 0.05) is 24.2 Å². The van der Waals surface area contributed by atoms with E-state index in [1.54, 1.807) is 19.2 Å². The first-order valence-corrected chi connectivity index (χ1v) is 6.08. The molecular weight excluding hydrogens is 252 g/mol. The minimum absolute atomic E-state index is 0.417. The van der Waals surface area contributed by atoms with Crippen molar-refractivity contribution < 1.29 is 9.53 Å². The number of carbonyl (C=O) groups is 1. The second-order valence-corrected chi connectivity index (χ2v) is 5.21. The topological polar surface area (TPSA) is 64.3 Å². The van der Waals surface area contributed by atoms with Crippen molar-refractivity contribution in [2.24, 2.45) is 5.73 Å². The van der Waals surface area contributed by atoms with Crippen LogP contribution in [0.5, 0.6) is 0 Å². The van der Waals surface area contributed by atoms with Crippen molar-refractivity contribution in [1.82, 2.24) is 0 Å². The summed E-state index contributed by atoms with van der Waals surface area (Å²) in [7, 11) is 1.61. The lowest BCUT2D eigenvalue weighted by Gasteiger charge is -2.28. The van der Waals surface area contributed by atoms with E-state index < -0.39 is 17.6 Å². The van der Waals surface area contributed by atoms with E-state index in [-0.39, 0.29) is 0 Å². The lowest BCUT2D eigenvalue weighted by molar-refractivity contribution is -0.120. The maximum Gasteiger partial charge on any atom is 0.240 e. The van der Waals surface area contributed by atoms with Crippen LogP contribution in [0.15, 0.2) is 24.3 Å². The van der Waals surface area contributed by atoms with Gasteiger partial charge in [-0.05, 0) is 32.0 Å². The molecule has 1 amide bonds. The van der Waals surface area contributed by atoms with Crippen LogP contribution in [-0.2, 0) is 9.53 Å². The Morgan fingerprint density at radius 3 is 2.72 bits per heavy atom. The number of ether oxygens (including phenoxy) is 1. The van der Waals surface area contributed by atoms with Gasteiger partial charge in [0.2, 0.25) is 5.91 Å². The van der Waals surface area contributed by atoms with Crippen molar-refractivity contribution in [3.05, 3.63) is 29.3 Å². The Hall–Kier alpha value is -1.26. The van der Waals surface area contributed by atoms with E-state index in [4.69, 9.17) is 22.1 Å². The van der Waals surface area contributed by atoms with E-state index in [1.165, 1.54) is 0 Å². The van der Waals surface area contributed by atoms with Gasteiger partial charge in [-0.25, -0.2) is 0 Å². The van der Waals surface area contributed by atoms with Crippen molar-refractivity contribution in [1.29, 1.82) is 0 Å². The highest BCUT2D eigenvalue weighted by Crippen LogP contribution is 2.20. The molecule has 5 heteroatoms. The highest BCUT2D eigenvalue weighted by Gasteiger charge is 2.26. The summed E-state index contributed by atoms with van der Waals surface area (Å²) in [6.07, 6.45) is 0.478. The van der Waals surface area contributed by atoms with Gasteiger partial charge in [-0.3, -0.25) is 4.79 Å². The third kappa shape index (κ3) is 4.55. The molecule has 0 aliphatic rings. The SMILES string of the molecule is COC(C)(C)CC(Nc1cccc(Cl)c1)C(N)=O. The molecule has 0 fully saturated rings. The van der Waals surface area contributed by atoms with E-state index in [9.17, 15) is 4.79 Å². The van der Waals surface area contributed by atoms with Crippen molar-refractivity contribution >= 4 is 23.2 Å². The number of nitrogens with one attached hydrogen (secondary N) is 1. The van der Waals surface area contributed by atoms with Crippen molar-refractivity contribution in [2.75, 3.05) is 12.4 Å². The van der Waals surface area contributed by atoms with Crippen LogP contribution < -0.4 is 11.1 Å². The molecule has 1 aromatic rings. The summed E-state index contributed by atoms with van der Waals surface area (Å²) in [4.78, 5) is 11.5. The Bertz CT molecular complexity index is 421. The van der Waals surface area contributed by atoms with E-state index in [1.807, 2.05) is 26.0 Å². The zero-order valence-electron chi connectivity index (χ0n) is 10.9. The third-order valence-corrected chi connectivity index (χ3v) is 2.99. The average Bonchev–Trinajstić information content (AvgIpc) is 2.28. The predicted octanol–water partition coefficient (Wildman–Crippen LogP) is 2.42. The van der Waals surface area contributed by atoms with Gasteiger partial charge in [0.05, 0.1) is 5.60 Å². The second-order valence-electron chi connectivity index (χ2n) is 4.78. The first kappa shape index (κ1) is 14.8. The molecule has 3 N–H and O–H groups in total. The number of nitrogens with two attached hydrogens (primary N) is 1. The highest BCUT2D eigenvalue weighted by atomic mass is 35.5. The maximum absolute atomic E-state index is 11.5. The molecular formula is C13H19ClN2O2. The number of anilines is 1. The summed E-state index contributed by atoms with van der Waals surface area (Å²) in [6.45, 7) is 3.81. The first-order valence-electron chi connectivity index (χ1n) is 5.70. The summed E-state index contributed by atoms with van der Waals surface area (Å²) in [5.41, 5.74) is 5.73. The van der Waals surface area contributed by atoms with Gasteiger partial charge in [0.25, 0.3) is 0 Å². The lowest BCUT2D eigenvalue weighted by Crippen LogP contribution is -2.41. The quantitative estimate of drug-likeness (QED) is 0.834. The van der Waals surface area contributed by atoms with Gasteiger partial charge in [0.15, 0.2) is 0 Å². The monoisotopic (exact) mass is 270 g/mol. The van der Waals surface area contributed by atoms with Crippen LogP contribution in [0.4, 0.5) is 5.69 Å². The predicted molar refractivity (Wildman–Crippen MR) is 73.8 cm³/mol. The zero-order chi connectivity index (χ0) is 13.8. The first-order chi connectivity index (χ1) is 8.34. The highest BCUT2D eigenvalue weighted by molar-refractivity contribution is 6.30. The van der Waals surface area contributed by atoms with Gasteiger partial charge in [-0.1, -0.05) is 17.7 Å². The minimum Gasteiger partial charge on any atom is -0.379 e. The summed E-state index contributed by atoms with van der Waals surface area (Å²) in [6, 6.07) is 6.66. The fraction of sp³-hybridized carbons (Fsp3) is 0.462. The molecule has 1 aromatic carbocycles. The van der Waals surface area contributed by atoms with Crippen LogP contribution in [0.2, 0.25) is 5.02 Å². The number of amides is 1. The van der Waals surface area contributed by atoms with E-state index >= 15 is 0 Å². The Morgan fingerprint density at radius 2 is 2.22 bits per heavy atom. The molecule has 18 heavy (non-hydrogen) atoms. The maximum atomic E-state index is 11.5. The summed E-state index contributed by atoms with van der Waals surface area (Å²) in [5, 5.41) is 3.68. The smallest absolute Gasteiger partial charge is 0.240 e. The van der Waals surface area contributed by atoms with Crippen LogP contribution in [0, 0.1) is 0 Å². The zero-order valence-corrected chi connectivity index (χ0v) is 11.6. The van der Waals surface area contributed by atoms with E-state index in [2.05, 4.69) is 5.32 Å². The Balaban J connectivity index is 2.78. The number of carbonyl (C=O) groups excluding carboxylic acids is 1. The number of benzene rings is 1. The van der Waals surface area contributed by atoms with Crippen LogP contribution in [-0.4, -0.2) is 24.7 Å². The number of hydrogen-bond donors (Lipinski definition) is 2. The normalized spacial score (nSPS) is 13.1. The number of halogens is 1. The second kappa shape index (κ2) is 6.07. The molecule has 100 valence electrons. The summed E-state index contributed by atoms with van der Waals surface area (Å²) < 4.78 is 5.31. The molecule has 0 saturated carbocycles. The fourth-order valence-electron chi connectivity index (χ4n) is 1.58. The largest absolute Gasteiger partial charge is 0.379 e. The number of methoxy groups -OCH3 is 1. The molecule has 0 heterocycles. The van der Waals surface area contributed by atoms with Gasteiger partial charge < -0.3 is 15.8 Å². The Kier molecular flexibility index (Phi) is 4.99. The van der Waals surface area contributed by atoms with Gasteiger partial charge >= 0.3 is 0 Å². The molecule has 1 atom stereocenters. The molecule has 0 radical (unpaired) electrons. The van der Waals surface area contributed by atoms with E-state index in [0.717, 1.165) is 5.69 Å². The molecule has 1 rings (SSSR count). The van der Waals surface area contributed by atoms with Gasteiger partial charge in [0.1, 0.15) is 6.04 Å². The van der Waals surface area contributed by atoms with Crippen LogP contribution in [0.25, 0.3) is 0 Å². The molecule has 0 aliphatic carbocycles. The number of hydrogen-bond acceptors (Lipinski definition) is 3. The van der Waals surface area contributed by atoms with Crippen molar-refractivity contribution in [3.63, 3.8) is 0 Å². The van der Waals surface area contributed by atoms with Gasteiger partial charge in [-0.15, -0.1) is 0 Å². The molecule has 1 unspecified atom stereocenters. The van der Waals surface area contributed by atoms with E-state index in [0.29, 0.717) is 11.4 Å². The average molecular weight is 271 g/mol. The molecule has 0 aromatic heterocycles. The van der Waals surface area contributed by atoms with Crippen molar-refractivity contribution in [3.8, 4) is 0 Å². The van der Waals surface area contributed by atoms with Crippen LogP contribution >= 0.6 is 11.6 Å². The summed E-state index contributed by atoms with van der Waals surface area (Å²) in [5.74, 6) is -0.417. The van der Waals surface area contributed by atoms with Crippen LogP contribution in [0.1, 0.15) is 20.3 Å². The molecule has 4 nitrogen and oxygen atoms in total. The Morgan fingerprint density at radius 1 is 1.56 bits per heavy atom. The molecule has 0 bridgehead atoms. The fourth-order valence-corrected chi connectivity index (χ4v) is 1.77. The molecule has 0 aliphatic heterocycles. The third-order valence-electron chi connectivity index (χ3n) is 2.76. The summed E-state index contributed by atoms with van der Waals surface area (Å²) >= 11 is 5.89. The molecule has 0 saturated heterocycles. The standard InChI is InChI=1S/C13H19ClN2O2/c1-13(2,18-3)8-11(12(15)17)16-10-6-4-5-9(14)7-10/h4-7,11,16H,8H2,1-3H3,(H2,15,17). The number of primary amides is 1. The van der Waals surface area contributed by atoms with Gasteiger partial charge in [-0.2, -0.15) is 0 Å². The van der Waals surface area contributed by atoms with Crippen molar-refractivity contribution in [2.45, 2.75) is 31.9 Å². The lowest BCUT2D eigenvalue weighted by atomic mass is 9.98. The number of rotatable bonds is 6. The molecule has 0 spiro atoms.